The molecule has 0 saturated carbocycles. The van der Waals surface area contributed by atoms with E-state index in [4.69, 9.17) is 4.74 Å². The minimum absolute atomic E-state index is 0.155. The van der Waals surface area contributed by atoms with Gasteiger partial charge in [0.1, 0.15) is 18.1 Å². The Morgan fingerprint density at radius 3 is 2.47 bits per heavy atom. The van der Waals surface area contributed by atoms with Crippen LogP contribution in [0.1, 0.15) is 18.3 Å². The molecule has 2 aromatic rings. The number of ether oxygens (including phenoxy) is 1. The Balaban J connectivity index is 1.31. The summed E-state index contributed by atoms with van der Waals surface area (Å²) >= 11 is 0. The highest BCUT2D eigenvalue weighted by Gasteiger charge is 2.40. The minimum Gasteiger partial charge on any atom is -0.390 e. The van der Waals surface area contributed by atoms with Crippen molar-refractivity contribution in [2.45, 2.75) is 31.8 Å². The molecule has 0 radical (unpaired) electrons. The molecule has 0 bridgehead atoms. The van der Waals surface area contributed by atoms with Crippen LogP contribution in [0.4, 0.5) is 0 Å². The molecule has 0 spiro atoms. The molecule has 5 N–H and O–H groups in total. The highest BCUT2D eigenvalue weighted by molar-refractivity contribution is 5.87. The molecule has 13 heteroatoms. The summed E-state index contributed by atoms with van der Waals surface area (Å²) in [5, 5.41) is 23.0. The second-order valence-electron chi connectivity index (χ2n) is 8.45. The lowest BCUT2D eigenvalue weighted by molar-refractivity contribution is -0.140. The zero-order valence-corrected chi connectivity index (χ0v) is 19.4. The normalized spacial score (nSPS) is 25.0. The zero-order valence-electron chi connectivity index (χ0n) is 19.4. The molecule has 0 aliphatic carbocycles. The fourth-order valence-corrected chi connectivity index (χ4v) is 4.13. The molecular formula is C21H33N9O4. The van der Waals surface area contributed by atoms with Crippen LogP contribution in [0, 0.1) is 6.92 Å². The van der Waals surface area contributed by atoms with Crippen molar-refractivity contribution in [3.63, 3.8) is 0 Å². The summed E-state index contributed by atoms with van der Waals surface area (Å²) < 4.78 is 7.54. The minimum atomic E-state index is -1.08. The average molecular weight is 476 g/mol. The first-order valence-electron chi connectivity index (χ1n) is 11.7. The van der Waals surface area contributed by atoms with Crippen LogP contribution in [0.15, 0.2) is 12.7 Å². The van der Waals surface area contributed by atoms with Crippen LogP contribution in [0.2, 0.25) is 0 Å². The van der Waals surface area contributed by atoms with Crippen molar-refractivity contribution < 1.29 is 19.4 Å². The molecule has 0 aromatic carbocycles. The van der Waals surface area contributed by atoms with E-state index < -0.39 is 24.3 Å². The first-order valence-corrected chi connectivity index (χ1v) is 11.7. The van der Waals surface area contributed by atoms with Crippen LogP contribution in [0.5, 0.6) is 0 Å². The number of imidazole rings is 1. The Hall–Kier alpha value is -2.71. The highest BCUT2D eigenvalue weighted by atomic mass is 16.5. The molecule has 186 valence electrons. The molecule has 2 aliphatic rings. The molecule has 2 aliphatic heterocycles. The Kier molecular flexibility index (Phi) is 8.34. The van der Waals surface area contributed by atoms with Crippen molar-refractivity contribution in [1.29, 1.82) is 0 Å². The maximum absolute atomic E-state index is 12.8. The number of aryl methyl sites for hydroxylation is 1. The maximum atomic E-state index is 12.8. The average Bonchev–Trinajstić information content (AvgIpc) is 3.42. The van der Waals surface area contributed by atoms with Crippen LogP contribution >= 0.6 is 0 Å². The molecule has 3 atom stereocenters. The van der Waals surface area contributed by atoms with Crippen molar-refractivity contribution in [2.75, 3.05) is 58.9 Å². The first kappa shape index (κ1) is 24.4. The Labute approximate surface area is 197 Å². The third-order valence-electron chi connectivity index (χ3n) is 6.05. The van der Waals surface area contributed by atoms with Gasteiger partial charge in [-0.15, -0.1) is 0 Å². The van der Waals surface area contributed by atoms with Gasteiger partial charge < -0.3 is 36.0 Å². The second kappa shape index (κ2) is 11.6. The SMILES string of the molecule is Cc1ncnc2c1ncn2[C@H]1C[C@H](O)[C@@H](C(=O)NCC(=O)N2CCNCCNCCNCC2)O1. The summed E-state index contributed by atoms with van der Waals surface area (Å²) in [5.41, 5.74) is 1.96. The zero-order chi connectivity index (χ0) is 23.9. The van der Waals surface area contributed by atoms with Crippen LogP contribution in [-0.2, 0) is 14.3 Å². The molecule has 2 saturated heterocycles. The number of aliphatic hydroxyl groups is 1. The number of nitrogens with zero attached hydrogens (tertiary/aromatic N) is 5. The molecule has 2 amide bonds. The van der Waals surface area contributed by atoms with Gasteiger partial charge in [0.05, 0.1) is 24.7 Å². The smallest absolute Gasteiger partial charge is 0.252 e. The number of hydrogen-bond donors (Lipinski definition) is 5. The predicted octanol–water partition coefficient (Wildman–Crippen LogP) is -2.49. The van der Waals surface area contributed by atoms with Gasteiger partial charge in [-0.1, -0.05) is 0 Å². The van der Waals surface area contributed by atoms with Gasteiger partial charge in [-0.2, -0.15) is 0 Å². The molecular weight excluding hydrogens is 442 g/mol. The highest BCUT2D eigenvalue weighted by Crippen LogP contribution is 2.31. The summed E-state index contributed by atoms with van der Waals surface area (Å²) in [6, 6.07) is 0. The third-order valence-corrected chi connectivity index (χ3v) is 6.05. The Morgan fingerprint density at radius 2 is 1.76 bits per heavy atom. The summed E-state index contributed by atoms with van der Waals surface area (Å²) in [5.74, 6) is -0.695. The fourth-order valence-electron chi connectivity index (χ4n) is 4.13. The number of fused-ring (bicyclic) bond motifs is 1. The predicted molar refractivity (Wildman–Crippen MR) is 123 cm³/mol. The van der Waals surface area contributed by atoms with E-state index in [1.807, 2.05) is 6.92 Å². The van der Waals surface area contributed by atoms with Crippen molar-refractivity contribution >= 4 is 23.0 Å². The quantitative estimate of drug-likeness (QED) is 0.320. The fraction of sp³-hybridized carbons (Fsp3) is 0.667. The maximum Gasteiger partial charge on any atom is 0.252 e. The lowest BCUT2D eigenvalue weighted by Gasteiger charge is -2.24. The second-order valence-corrected chi connectivity index (χ2v) is 8.45. The largest absolute Gasteiger partial charge is 0.390 e. The van der Waals surface area contributed by atoms with E-state index in [-0.39, 0.29) is 18.9 Å². The number of aliphatic hydroxyl groups excluding tert-OH is 1. The number of hydrogen-bond acceptors (Lipinski definition) is 10. The molecule has 4 heterocycles. The van der Waals surface area contributed by atoms with Crippen molar-refractivity contribution in [3.05, 3.63) is 18.3 Å². The van der Waals surface area contributed by atoms with E-state index in [1.165, 1.54) is 6.33 Å². The summed E-state index contributed by atoms with van der Waals surface area (Å²) in [6.45, 7) is 7.54. The van der Waals surface area contributed by atoms with Crippen molar-refractivity contribution in [2.24, 2.45) is 0 Å². The van der Waals surface area contributed by atoms with Gasteiger partial charge in [0.15, 0.2) is 11.8 Å². The summed E-state index contributed by atoms with van der Waals surface area (Å²) in [4.78, 5) is 39.9. The van der Waals surface area contributed by atoms with Crippen LogP contribution < -0.4 is 21.3 Å². The number of rotatable bonds is 4. The molecule has 34 heavy (non-hydrogen) atoms. The van der Waals surface area contributed by atoms with Gasteiger partial charge in [-0.25, -0.2) is 15.0 Å². The standard InChI is InChI=1S/C21H33N9O4/c1-14-18-20(27-12-26-14)30(13-28-18)17-10-15(31)19(34-17)21(33)25-11-16(32)29-8-6-23-4-2-22-3-5-24-7-9-29/h12-13,15,17,19,22-24,31H,2-11H2,1H3,(H,25,33)/t15-,17+,19-/m0/s1. The molecule has 4 rings (SSSR count). The summed E-state index contributed by atoms with van der Waals surface area (Å²) in [6.07, 6.45) is 0.532. The number of carbonyl (C=O) groups excluding carboxylic acids is 2. The number of nitrogens with one attached hydrogen (secondary N) is 4. The molecule has 0 unspecified atom stereocenters. The van der Waals surface area contributed by atoms with E-state index >= 15 is 0 Å². The molecule has 2 aromatic heterocycles. The lowest BCUT2D eigenvalue weighted by Crippen LogP contribution is -2.49. The Bertz CT molecular complexity index is 972. The number of aromatic nitrogens is 4. The van der Waals surface area contributed by atoms with E-state index in [0.29, 0.717) is 37.3 Å². The van der Waals surface area contributed by atoms with Crippen molar-refractivity contribution in [1.82, 2.24) is 45.7 Å². The van der Waals surface area contributed by atoms with Crippen LogP contribution in [0.25, 0.3) is 11.2 Å². The third kappa shape index (κ3) is 5.85. The first-order chi connectivity index (χ1) is 16.5. The number of carbonyl (C=O) groups is 2. The van der Waals surface area contributed by atoms with E-state index in [0.717, 1.165) is 31.9 Å². The molecule has 13 nitrogen and oxygen atoms in total. The van der Waals surface area contributed by atoms with E-state index in [2.05, 4.69) is 36.2 Å². The number of amides is 2. The van der Waals surface area contributed by atoms with Gasteiger partial charge in [-0.05, 0) is 6.92 Å². The van der Waals surface area contributed by atoms with E-state index in [9.17, 15) is 14.7 Å². The topological polar surface area (TPSA) is 159 Å². The van der Waals surface area contributed by atoms with Gasteiger partial charge in [-0.3, -0.25) is 14.2 Å². The van der Waals surface area contributed by atoms with Gasteiger partial charge >= 0.3 is 0 Å². The van der Waals surface area contributed by atoms with E-state index in [1.54, 1.807) is 15.8 Å². The van der Waals surface area contributed by atoms with Crippen LogP contribution in [-0.4, -0.2) is 112 Å². The van der Waals surface area contributed by atoms with Gasteiger partial charge in [0.2, 0.25) is 5.91 Å². The monoisotopic (exact) mass is 475 g/mol. The van der Waals surface area contributed by atoms with Crippen molar-refractivity contribution in [3.8, 4) is 0 Å². The summed E-state index contributed by atoms with van der Waals surface area (Å²) in [7, 11) is 0. The van der Waals surface area contributed by atoms with Crippen LogP contribution in [0.3, 0.4) is 0 Å². The van der Waals surface area contributed by atoms with Gasteiger partial charge in [0, 0.05) is 58.8 Å². The lowest BCUT2D eigenvalue weighted by atomic mass is 10.1. The molecule has 2 fully saturated rings. The van der Waals surface area contributed by atoms with Gasteiger partial charge in [0.25, 0.3) is 5.91 Å². The Morgan fingerprint density at radius 1 is 1.09 bits per heavy atom.